The van der Waals surface area contributed by atoms with Crippen LogP contribution >= 0.6 is 0 Å². The molecule has 0 heterocycles. The van der Waals surface area contributed by atoms with E-state index in [-0.39, 0.29) is 11.6 Å². The first-order valence-electron chi connectivity index (χ1n) is 6.02. The van der Waals surface area contributed by atoms with Crippen LogP contribution < -0.4 is 0 Å². The van der Waals surface area contributed by atoms with E-state index in [0.29, 0.717) is 0 Å². The molecule has 0 N–H and O–H groups in total. The van der Waals surface area contributed by atoms with Gasteiger partial charge in [0.25, 0.3) is 0 Å². The van der Waals surface area contributed by atoms with E-state index >= 15 is 0 Å². The Morgan fingerprint density at radius 2 is 2.25 bits per heavy atom. The topological polar surface area (TPSA) is 26.3 Å². The lowest BCUT2D eigenvalue weighted by Gasteiger charge is -2.36. The smallest absolute Gasteiger partial charge is 0.331 e. The van der Waals surface area contributed by atoms with Crippen molar-refractivity contribution in [2.24, 2.45) is 0 Å². The third-order valence-electron chi connectivity index (χ3n) is 3.10. The van der Waals surface area contributed by atoms with E-state index in [0.717, 1.165) is 37.7 Å². The van der Waals surface area contributed by atoms with Gasteiger partial charge in [-0.2, -0.15) is 0 Å². The summed E-state index contributed by atoms with van der Waals surface area (Å²) in [7, 11) is 0. The number of allylic oxidation sites excluding steroid dienone is 1. The first kappa shape index (κ1) is 13.0. The van der Waals surface area contributed by atoms with Gasteiger partial charge in [-0.3, -0.25) is 0 Å². The lowest BCUT2D eigenvalue weighted by molar-refractivity contribution is -0.155. The molecule has 0 aromatic heterocycles. The highest BCUT2D eigenvalue weighted by Gasteiger charge is 2.34. The maximum absolute atomic E-state index is 11.7. The van der Waals surface area contributed by atoms with Crippen LogP contribution in [0.3, 0.4) is 0 Å². The maximum atomic E-state index is 11.7. The summed E-state index contributed by atoms with van der Waals surface area (Å²) in [6.45, 7) is 9.90. The number of ether oxygens (including phenoxy) is 1. The molecule has 90 valence electrons. The van der Waals surface area contributed by atoms with E-state index in [2.05, 4.69) is 13.5 Å². The fourth-order valence-corrected chi connectivity index (χ4v) is 2.23. The summed E-state index contributed by atoms with van der Waals surface area (Å²) in [5.74, 6) is -0.212. The van der Waals surface area contributed by atoms with E-state index in [1.165, 1.54) is 5.57 Å². The molecular weight excluding hydrogens is 200 g/mol. The van der Waals surface area contributed by atoms with Crippen molar-refractivity contribution in [1.82, 2.24) is 0 Å². The average Bonchev–Trinajstić information content (AvgIpc) is 2.16. The summed E-state index contributed by atoms with van der Waals surface area (Å²) < 4.78 is 5.63. The van der Waals surface area contributed by atoms with Gasteiger partial charge in [-0.05, 0) is 39.5 Å². The number of carbonyl (C=O) groups is 1. The Kier molecular flexibility index (Phi) is 4.34. The molecule has 2 heteroatoms. The molecule has 16 heavy (non-hydrogen) atoms. The molecule has 0 saturated heterocycles. The van der Waals surface area contributed by atoms with Crippen molar-refractivity contribution in [2.75, 3.05) is 0 Å². The van der Waals surface area contributed by atoms with Gasteiger partial charge < -0.3 is 4.74 Å². The molecule has 1 atom stereocenters. The number of rotatable bonds is 3. The van der Waals surface area contributed by atoms with Crippen LogP contribution in [0.5, 0.6) is 0 Å². The summed E-state index contributed by atoms with van der Waals surface area (Å²) in [6.07, 6.45) is 6.37. The van der Waals surface area contributed by atoms with Crippen LogP contribution in [0, 0.1) is 0 Å². The summed E-state index contributed by atoms with van der Waals surface area (Å²) in [6, 6.07) is 0. The molecule has 1 aliphatic carbocycles. The van der Waals surface area contributed by atoms with Gasteiger partial charge in [0, 0.05) is 12.5 Å². The Balaban J connectivity index is 2.70. The molecule has 0 bridgehead atoms. The second kappa shape index (κ2) is 5.33. The van der Waals surface area contributed by atoms with Gasteiger partial charge in [0.1, 0.15) is 5.60 Å². The minimum Gasteiger partial charge on any atom is -0.456 e. The molecule has 0 aromatic carbocycles. The van der Waals surface area contributed by atoms with E-state index < -0.39 is 0 Å². The van der Waals surface area contributed by atoms with Crippen LogP contribution in [0.25, 0.3) is 0 Å². The number of carbonyl (C=O) groups excluding carboxylic acids is 1. The zero-order valence-electron chi connectivity index (χ0n) is 10.6. The Bertz CT molecular complexity index is 311. The third-order valence-corrected chi connectivity index (χ3v) is 3.10. The van der Waals surface area contributed by atoms with Crippen LogP contribution in [-0.4, -0.2) is 11.6 Å². The number of hydrogen-bond donors (Lipinski definition) is 0. The predicted octanol–water partition coefficient (Wildman–Crippen LogP) is 3.77. The van der Waals surface area contributed by atoms with E-state index in [1.54, 1.807) is 6.08 Å². The zero-order chi connectivity index (χ0) is 12.2. The fourth-order valence-electron chi connectivity index (χ4n) is 2.23. The van der Waals surface area contributed by atoms with Crippen molar-refractivity contribution < 1.29 is 9.53 Å². The summed E-state index contributed by atoms with van der Waals surface area (Å²) in [4.78, 5) is 11.7. The Morgan fingerprint density at radius 1 is 1.56 bits per heavy atom. The lowest BCUT2D eigenvalue weighted by Crippen LogP contribution is -2.36. The molecule has 1 aliphatic rings. The molecule has 0 radical (unpaired) electrons. The third kappa shape index (κ3) is 3.51. The van der Waals surface area contributed by atoms with Crippen LogP contribution in [0.4, 0.5) is 0 Å². The van der Waals surface area contributed by atoms with Crippen LogP contribution in [0.1, 0.15) is 52.9 Å². The zero-order valence-corrected chi connectivity index (χ0v) is 10.6. The van der Waals surface area contributed by atoms with E-state index in [4.69, 9.17) is 4.74 Å². The number of esters is 1. The van der Waals surface area contributed by atoms with Crippen molar-refractivity contribution in [3.63, 3.8) is 0 Å². The second-order valence-electron chi connectivity index (χ2n) is 4.96. The minimum atomic E-state index is -0.293. The van der Waals surface area contributed by atoms with Gasteiger partial charge in [-0.15, -0.1) is 0 Å². The molecule has 0 unspecified atom stereocenters. The molecule has 0 aliphatic heterocycles. The van der Waals surface area contributed by atoms with Gasteiger partial charge in [-0.25, -0.2) is 4.79 Å². The second-order valence-corrected chi connectivity index (χ2v) is 4.96. The van der Waals surface area contributed by atoms with Crippen molar-refractivity contribution in [3.8, 4) is 0 Å². The highest BCUT2D eigenvalue weighted by molar-refractivity contribution is 5.83. The molecule has 0 amide bonds. The van der Waals surface area contributed by atoms with Gasteiger partial charge in [0.05, 0.1) is 0 Å². The summed E-state index contributed by atoms with van der Waals surface area (Å²) >= 11 is 0. The van der Waals surface area contributed by atoms with Gasteiger partial charge in [0.2, 0.25) is 0 Å². The Morgan fingerprint density at radius 3 is 2.75 bits per heavy atom. The molecule has 1 saturated carbocycles. The molecule has 0 spiro atoms. The molecule has 0 aromatic rings. The SMILES string of the molecule is C=C1CCC[C@](CC)(OC(=O)C=C(C)C)C1. The Hall–Kier alpha value is -1.05. The van der Waals surface area contributed by atoms with Crippen molar-refractivity contribution >= 4 is 5.97 Å². The minimum absolute atomic E-state index is 0.212. The maximum Gasteiger partial charge on any atom is 0.331 e. The van der Waals surface area contributed by atoms with Crippen molar-refractivity contribution in [3.05, 3.63) is 23.8 Å². The van der Waals surface area contributed by atoms with Crippen molar-refractivity contribution in [2.45, 2.75) is 58.5 Å². The standard InChI is InChI=1S/C14H22O2/c1-5-14(8-6-7-12(4)10-14)16-13(15)9-11(2)3/h9H,4-8,10H2,1-3H3/t14-/m0/s1. The van der Waals surface area contributed by atoms with Crippen LogP contribution in [0.2, 0.25) is 0 Å². The van der Waals surface area contributed by atoms with Crippen LogP contribution in [-0.2, 0) is 9.53 Å². The monoisotopic (exact) mass is 222 g/mol. The highest BCUT2D eigenvalue weighted by Crippen LogP contribution is 2.36. The summed E-state index contributed by atoms with van der Waals surface area (Å²) in [5, 5.41) is 0. The lowest BCUT2D eigenvalue weighted by atomic mass is 9.80. The first-order valence-corrected chi connectivity index (χ1v) is 6.02. The molecule has 2 nitrogen and oxygen atoms in total. The van der Waals surface area contributed by atoms with E-state index in [9.17, 15) is 4.79 Å². The van der Waals surface area contributed by atoms with Gasteiger partial charge in [0.15, 0.2) is 0 Å². The van der Waals surface area contributed by atoms with E-state index in [1.807, 2.05) is 13.8 Å². The van der Waals surface area contributed by atoms with Crippen molar-refractivity contribution in [1.29, 1.82) is 0 Å². The van der Waals surface area contributed by atoms with Gasteiger partial charge >= 0.3 is 5.97 Å². The highest BCUT2D eigenvalue weighted by atomic mass is 16.6. The fraction of sp³-hybridized carbons (Fsp3) is 0.643. The largest absolute Gasteiger partial charge is 0.456 e. The molecule has 1 fully saturated rings. The number of hydrogen-bond acceptors (Lipinski definition) is 2. The predicted molar refractivity (Wildman–Crippen MR) is 66.2 cm³/mol. The summed E-state index contributed by atoms with van der Waals surface area (Å²) in [5.41, 5.74) is 1.89. The van der Waals surface area contributed by atoms with Gasteiger partial charge in [-0.1, -0.05) is 24.6 Å². The quantitative estimate of drug-likeness (QED) is 0.413. The molecular formula is C14H22O2. The van der Waals surface area contributed by atoms with Crippen LogP contribution in [0.15, 0.2) is 23.8 Å². The first-order chi connectivity index (χ1) is 7.47. The molecule has 1 rings (SSSR count). The Labute approximate surface area is 98.4 Å². The normalized spacial score (nSPS) is 25.1. The average molecular weight is 222 g/mol.